The third-order valence-corrected chi connectivity index (χ3v) is 4.99. The molecule has 0 aromatic heterocycles. The van der Waals surface area contributed by atoms with E-state index in [9.17, 15) is 14.4 Å². The number of benzene rings is 2. The van der Waals surface area contributed by atoms with Crippen LogP contribution in [0.15, 0.2) is 35.9 Å². The van der Waals surface area contributed by atoms with Gasteiger partial charge >= 0.3 is 6.03 Å². The zero-order valence-corrected chi connectivity index (χ0v) is 17.0. The predicted octanol–water partition coefficient (Wildman–Crippen LogP) is 3.30. The van der Waals surface area contributed by atoms with Crippen molar-refractivity contribution in [3.8, 4) is 11.5 Å². The van der Waals surface area contributed by atoms with Crippen LogP contribution in [0.5, 0.6) is 11.5 Å². The summed E-state index contributed by atoms with van der Waals surface area (Å²) in [7, 11) is 3.03. The van der Waals surface area contributed by atoms with Gasteiger partial charge in [-0.1, -0.05) is 12.1 Å². The molecule has 7 nitrogen and oxygen atoms in total. The Kier molecular flexibility index (Phi) is 5.41. The Bertz CT molecular complexity index is 1060. The quantitative estimate of drug-likeness (QED) is 0.635. The first-order valence-electron chi connectivity index (χ1n) is 8.98. The number of rotatable bonds is 4. The summed E-state index contributed by atoms with van der Waals surface area (Å²) in [5.74, 6) is -0.410. The lowest BCUT2D eigenvalue weighted by Gasteiger charge is -2.28. The second kappa shape index (κ2) is 7.79. The predicted molar refractivity (Wildman–Crippen MR) is 109 cm³/mol. The van der Waals surface area contributed by atoms with E-state index in [0.717, 1.165) is 21.6 Å². The van der Waals surface area contributed by atoms with Crippen LogP contribution >= 0.6 is 0 Å². The number of amides is 4. The molecule has 0 aliphatic carbocycles. The monoisotopic (exact) mass is 394 g/mol. The number of anilines is 1. The van der Waals surface area contributed by atoms with Crippen LogP contribution in [0, 0.1) is 20.8 Å². The summed E-state index contributed by atoms with van der Waals surface area (Å²) in [4.78, 5) is 39.0. The fourth-order valence-electron chi connectivity index (χ4n) is 3.16. The van der Waals surface area contributed by atoms with Gasteiger partial charge in [0.2, 0.25) is 0 Å². The molecular weight excluding hydrogens is 372 g/mol. The van der Waals surface area contributed by atoms with Gasteiger partial charge in [0.05, 0.1) is 19.9 Å². The summed E-state index contributed by atoms with van der Waals surface area (Å²) < 4.78 is 10.6. The number of carbonyl (C=O) groups excluding carboxylic acids is 3. The molecular formula is C22H22N2O5. The molecule has 1 aliphatic rings. The van der Waals surface area contributed by atoms with Crippen molar-refractivity contribution in [3.63, 3.8) is 0 Å². The molecule has 7 heteroatoms. The fraction of sp³-hybridized carbons (Fsp3) is 0.227. The second-order valence-electron chi connectivity index (χ2n) is 6.74. The van der Waals surface area contributed by atoms with Crippen molar-refractivity contribution >= 4 is 29.6 Å². The first kappa shape index (κ1) is 20.1. The molecule has 0 bridgehead atoms. The van der Waals surface area contributed by atoms with Crippen molar-refractivity contribution in [3.05, 3.63) is 58.2 Å². The molecule has 29 heavy (non-hydrogen) atoms. The van der Waals surface area contributed by atoms with Gasteiger partial charge in [-0.05, 0) is 67.3 Å². The Balaban J connectivity index is 2.10. The minimum absolute atomic E-state index is 0.138. The third-order valence-electron chi connectivity index (χ3n) is 4.99. The van der Waals surface area contributed by atoms with E-state index in [1.54, 1.807) is 24.3 Å². The van der Waals surface area contributed by atoms with Crippen molar-refractivity contribution < 1.29 is 23.9 Å². The molecule has 150 valence electrons. The van der Waals surface area contributed by atoms with Gasteiger partial charge in [0.1, 0.15) is 5.57 Å². The minimum atomic E-state index is -0.769. The molecule has 0 unspecified atom stereocenters. The summed E-state index contributed by atoms with van der Waals surface area (Å²) in [6.07, 6.45) is 1.46. The number of nitrogens with one attached hydrogen (secondary N) is 1. The van der Waals surface area contributed by atoms with Crippen LogP contribution in [0.4, 0.5) is 10.5 Å². The minimum Gasteiger partial charge on any atom is -0.493 e. The molecule has 0 radical (unpaired) electrons. The Morgan fingerprint density at radius 3 is 2.24 bits per heavy atom. The van der Waals surface area contributed by atoms with Gasteiger partial charge in [-0.15, -0.1) is 0 Å². The van der Waals surface area contributed by atoms with E-state index in [1.807, 2.05) is 26.8 Å². The molecule has 0 saturated carbocycles. The zero-order chi connectivity index (χ0) is 21.3. The Morgan fingerprint density at radius 1 is 0.931 bits per heavy atom. The number of hydrogen-bond acceptors (Lipinski definition) is 5. The number of imide groups is 2. The van der Waals surface area contributed by atoms with Crippen LogP contribution in [0.1, 0.15) is 22.3 Å². The van der Waals surface area contributed by atoms with E-state index in [0.29, 0.717) is 22.7 Å². The zero-order valence-electron chi connectivity index (χ0n) is 17.0. The Labute approximate surface area is 168 Å². The molecule has 4 amide bonds. The van der Waals surface area contributed by atoms with Crippen molar-refractivity contribution in [2.24, 2.45) is 0 Å². The summed E-state index contributed by atoms with van der Waals surface area (Å²) in [5, 5.41) is 2.25. The van der Waals surface area contributed by atoms with Crippen LogP contribution < -0.4 is 19.7 Å². The summed E-state index contributed by atoms with van der Waals surface area (Å²) in [6.45, 7) is 5.54. The lowest BCUT2D eigenvalue weighted by atomic mass is 10.0. The largest absolute Gasteiger partial charge is 0.493 e. The van der Waals surface area contributed by atoms with E-state index in [-0.39, 0.29) is 5.57 Å². The lowest BCUT2D eigenvalue weighted by Crippen LogP contribution is -2.54. The standard InChI is InChI=1S/C22H22N2O5/c1-12-7-6-8-17(14(12)3)24-21(26)16(20(25)23-22(24)27)10-15-11-19(29-5)18(28-4)9-13(15)2/h6-11H,1-5H3,(H,23,25,27)/b16-10+. The van der Waals surface area contributed by atoms with E-state index < -0.39 is 17.8 Å². The molecule has 2 aromatic rings. The van der Waals surface area contributed by atoms with Crippen molar-refractivity contribution in [1.29, 1.82) is 0 Å². The lowest BCUT2D eigenvalue weighted by molar-refractivity contribution is -0.122. The number of ether oxygens (including phenoxy) is 2. The van der Waals surface area contributed by atoms with Gasteiger partial charge in [0, 0.05) is 0 Å². The van der Waals surface area contributed by atoms with Gasteiger partial charge < -0.3 is 9.47 Å². The number of carbonyl (C=O) groups is 3. The van der Waals surface area contributed by atoms with Crippen LogP contribution in [-0.2, 0) is 9.59 Å². The van der Waals surface area contributed by atoms with Crippen molar-refractivity contribution in [1.82, 2.24) is 5.32 Å². The molecule has 3 rings (SSSR count). The first-order chi connectivity index (χ1) is 13.8. The highest BCUT2D eigenvalue weighted by atomic mass is 16.5. The highest BCUT2D eigenvalue weighted by Crippen LogP contribution is 2.32. The number of barbiturate groups is 1. The number of aryl methyl sites for hydroxylation is 2. The van der Waals surface area contributed by atoms with E-state index in [4.69, 9.17) is 9.47 Å². The van der Waals surface area contributed by atoms with Crippen molar-refractivity contribution in [2.75, 3.05) is 19.1 Å². The van der Waals surface area contributed by atoms with E-state index in [1.165, 1.54) is 20.3 Å². The highest BCUT2D eigenvalue weighted by molar-refractivity contribution is 6.39. The molecule has 0 atom stereocenters. The van der Waals surface area contributed by atoms with E-state index >= 15 is 0 Å². The summed E-state index contributed by atoms with van der Waals surface area (Å²) in [6, 6.07) is 7.99. The van der Waals surface area contributed by atoms with Gasteiger partial charge in [-0.3, -0.25) is 14.9 Å². The maximum atomic E-state index is 13.1. The third kappa shape index (κ3) is 3.59. The molecule has 1 aliphatic heterocycles. The highest BCUT2D eigenvalue weighted by Gasteiger charge is 2.37. The van der Waals surface area contributed by atoms with Crippen molar-refractivity contribution in [2.45, 2.75) is 20.8 Å². The Morgan fingerprint density at radius 2 is 1.59 bits per heavy atom. The number of urea groups is 1. The number of nitrogens with zero attached hydrogens (tertiary/aromatic N) is 1. The maximum Gasteiger partial charge on any atom is 0.335 e. The van der Waals surface area contributed by atoms with Crippen LogP contribution in [0.25, 0.3) is 6.08 Å². The normalized spacial score (nSPS) is 15.6. The second-order valence-corrected chi connectivity index (χ2v) is 6.74. The summed E-state index contributed by atoms with van der Waals surface area (Å²) in [5.41, 5.74) is 3.41. The SMILES string of the molecule is COc1cc(C)c(/C=C2\C(=O)NC(=O)N(c3cccc(C)c3C)C2=O)cc1OC. The number of methoxy groups -OCH3 is 2. The average molecular weight is 394 g/mol. The van der Waals surface area contributed by atoms with Gasteiger partial charge in [0.25, 0.3) is 11.8 Å². The van der Waals surface area contributed by atoms with E-state index in [2.05, 4.69) is 5.32 Å². The molecule has 1 N–H and O–H groups in total. The van der Waals surface area contributed by atoms with Crippen LogP contribution in [-0.4, -0.2) is 32.1 Å². The molecule has 1 heterocycles. The molecule has 0 spiro atoms. The molecule has 2 aromatic carbocycles. The number of hydrogen-bond donors (Lipinski definition) is 1. The maximum absolute atomic E-state index is 13.1. The summed E-state index contributed by atoms with van der Waals surface area (Å²) >= 11 is 0. The molecule has 1 fully saturated rings. The molecule has 1 saturated heterocycles. The first-order valence-corrected chi connectivity index (χ1v) is 8.98. The van der Waals surface area contributed by atoms with Gasteiger partial charge in [0.15, 0.2) is 11.5 Å². The Hall–Kier alpha value is -3.61. The van der Waals surface area contributed by atoms with Gasteiger partial charge in [-0.25, -0.2) is 9.69 Å². The topological polar surface area (TPSA) is 84.9 Å². The fourth-order valence-corrected chi connectivity index (χ4v) is 3.16. The van der Waals surface area contributed by atoms with Gasteiger partial charge in [-0.2, -0.15) is 0 Å². The smallest absolute Gasteiger partial charge is 0.335 e. The van der Waals surface area contributed by atoms with Crippen LogP contribution in [0.3, 0.4) is 0 Å². The average Bonchev–Trinajstić information content (AvgIpc) is 2.68. The van der Waals surface area contributed by atoms with Crippen LogP contribution in [0.2, 0.25) is 0 Å².